The van der Waals surface area contributed by atoms with Crippen LogP contribution in [0.2, 0.25) is 0 Å². The average molecular weight is 298 g/mol. The number of aromatic nitrogens is 4. The van der Waals surface area contributed by atoms with Crippen LogP contribution in [0.1, 0.15) is 50.9 Å². The Kier molecular flexibility index (Phi) is 5.62. The summed E-state index contributed by atoms with van der Waals surface area (Å²) >= 11 is 0. The summed E-state index contributed by atoms with van der Waals surface area (Å²) in [6.07, 6.45) is 6.05. The second kappa shape index (κ2) is 6.79. The molecule has 1 N–H and O–H groups in total. The van der Waals surface area contributed by atoms with Crippen molar-refractivity contribution in [3.63, 3.8) is 0 Å². The molecule has 20 heavy (non-hydrogen) atoms. The monoisotopic (exact) mass is 297 g/mol. The first-order chi connectivity index (χ1) is 8.97. The Hall–Kier alpha value is -1.49. The van der Waals surface area contributed by atoms with Crippen molar-refractivity contribution in [3.8, 4) is 0 Å². The molecule has 0 saturated carbocycles. The molecular formula is C14H24ClN5. The van der Waals surface area contributed by atoms with Gasteiger partial charge in [-0.05, 0) is 34.6 Å². The summed E-state index contributed by atoms with van der Waals surface area (Å²) in [6, 6.07) is 0.786. The molecule has 5 nitrogen and oxygen atoms in total. The smallest absolute Gasteiger partial charge is 0.151 e. The molecule has 0 aliphatic rings. The van der Waals surface area contributed by atoms with Gasteiger partial charge in [0.25, 0.3) is 0 Å². The molecule has 0 aliphatic carbocycles. The van der Waals surface area contributed by atoms with Crippen LogP contribution < -0.4 is 5.32 Å². The molecule has 2 aromatic heterocycles. The topological polar surface area (TPSA) is 47.7 Å². The molecule has 0 atom stereocenters. The van der Waals surface area contributed by atoms with Crippen molar-refractivity contribution >= 4 is 18.2 Å². The minimum Gasteiger partial charge on any atom is -0.364 e. The van der Waals surface area contributed by atoms with Crippen LogP contribution in [0.4, 0.5) is 5.82 Å². The van der Waals surface area contributed by atoms with E-state index in [0.29, 0.717) is 12.1 Å². The van der Waals surface area contributed by atoms with E-state index < -0.39 is 0 Å². The zero-order chi connectivity index (χ0) is 14.0. The number of halogens is 1. The number of rotatable bonds is 5. The van der Waals surface area contributed by atoms with Gasteiger partial charge in [-0.3, -0.25) is 9.36 Å². The predicted octanol–water partition coefficient (Wildman–Crippen LogP) is 3.58. The highest BCUT2D eigenvalue weighted by atomic mass is 35.5. The maximum atomic E-state index is 4.54. The molecular weight excluding hydrogens is 274 g/mol. The Labute approximate surface area is 126 Å². The number of nitrogens with zero attached hydrogens (tertiary/aromatic N) is 4. The van der Waals surface area contributed by atoms with Crippen LogP contribution in [0.5, 0.6) is 0 Å². The van der Waals surface area contributed by atoms with E-state index in [2.05, 4.69) is 62.5 Å². The van der Waals surface area contributed by atoms with Gasteiger partial charge < -0.3 is 5.32 Å². The lowest BCUT2D eigenvalue weighted by molar-refractivity contribution is 0.532. The minimum absolute atomic E-state index is 0. The highest BCUT2D eigenvalue weighted by Crippen LogP contribution is 2.16. The Balaban J connectivity index is 0.00000200. The highest BCUT2D eigenvalue weighted by Gasteiger charge is 2.07. The number of hydrogen-bond donors (Lipinski definition) is 1. The second-order valence-electron chi connectivity index (χ2n) is 5.51. The zero-order valence-corrected chi connectivity index (χ0v) is 13.6. The summed E-state index contributed by atoms with van der Waals surface area (Å²) in [5.41, 5.74) is 2.34. The molecule has 112 valence electrons. The van der Waals surface area contributed by atoms with E-state index in [9.17, 15) is 0 Å². The van der Waals surface area contributed by atoms with Crippen molar-refractivity contribution in [1.82, 2.24) is 19.6 Å². The van der Waals surface area contributed by atoms with Crippen LogP contribution in [0.3, 0.4) is 0 Å². The molecule has 0 aromatic carbocycles. The van der Waals surface area contributed by atoms with E-state index >= 15 is 0 Å². The molecule has 0 amide bonds. The summed E-state index contributed by atoms with van der Waals surface area (Å²) < 4.78 is 3.95. The van der Waals surface area contributed by atoms with E-state index in [1.807, 2.05) is 15.6 Å². The molecule has 0 spiro atoms. The normalized spacial score (nSPS) is 10.9. The summed E-state index contributed by atoms with van der Waals surface area (Å²) in [5.74, 6) is 0.950. The summed E-state index contributed by atoms with van der Waals surface area (Å²) in [6.45, 7) is 11.3. The minimum atomic E-state index is 0. The number of anilines is 1. The van der Waals surface area contributed by atoms with Crippen LogP contribution in [-0.2, 0) is 6.54 Å². The van der Waals surface area contributed by atoms with Gasteiger partial charge in [0.1, 0.15) is 0 Å². The fourth-order valence-electron chi connectivity index (χ4n) is 1.86. The van der Waals surface area contributed by atoms with Crippen LogP contribution in [0.15, 0.2) is 18.6 Å². The van der Waals surface area contributed by atoms with E-state index in [1.165, 1.54) is 11.1 Å². The quantitative estimate of drug-likeness (QED) is 0.917. The van der Waals surface area contributed by atoms with E-state index in [0.717, 1.165) is 12.4 Å². The van der Waals surface area contributed by atoms with Gasteiger partial charge in [0.05, 0.1) is 6.20 Å². The fraction of sp³-hybridized carbons (Fsp3) is 0.571. The third-order valence-electron chi connectivity index (χ3n) is 3.09. The summed E-state index contributed by atoms with van der Waals surface area (Å²) in [5, 5.41) is 12.3. The van der Waals surface area contributed by atoms with Gasteiger partial charge in [-0.15, -0.1) is 12.4 Å². The van der Waals surface area contributed by atoms with Gasteiger partial charge in [0.2, 0.25) is 0 Å². The predicted molar refractivity (Wildman–Crippen MR) is 84.5 cm³/mol. The molecule has 6 heteroatoms. The maximum absolute atomic E-state index is 4.54. The lowest BCUT2D eigenvalue weighted by atomic mass is 10.3. The Morgan fingerprint density at radius 1 is 1.10 bits per heavy atom. The lowest BCUT2D eigenvalue weighted by Crippen LogP contribution is -2.04. The fourth-order valence-corrected chi connectivity index (χ4v) is 1.86. The molecule has 0 aliphatic heterocycles. The van der Waals surface area contributed by atoms with Crippen molar-refractivity contribution in [2.45, 2.75) is 53.2 Å². The molecule has 0 fully saturated rings. The molecule has 2 heterocycles. The number of nitrogens with one attached hydrogen (secondary N) is 1. The Morgan fingerprint density at radius 3 is 2.25 bits per heavy atom. The van der Waals surface area contributed by atoms with Crippen molar-refractivity contribution in [2.75, 3.05) is 5.32 Å². The molecule has 0 unspecified atom stereocenters. The van der Waals surface area contributed by atoms with Gasteiger partial charge in [0.15, 0.2) is 5.82 Å². The zero-order valence-electron chi connectivity index (χ0n) is 12.8. The standard InChI is InChI=1S/C14H23N5.ClH/c1-10(2)18-9-13(7-16-18)6-15-14-12(5)8-19(17-14)11(3)4;/h7-11H,6H2,1-5H3,(H,15,17);1H. The van der Waals surface area contributed by atoms with Crippen LogP contribution >= 0.6 is 12.4 Å². The van der Waals surface area contributed by atoms with Gasteiger partial charge in [0, 0.05) is 42.1 Å². The van der Waals surface area contributed by atoms with Gasteiger partial charge in [-0.1, -0.05) is 0 Å². The third kappa shape index (κ3) is 3.76. The maximum Gasteiger partial charge on any atom is 0.151 e. The van der Waals surface area contributed by atoms with E-state index in [1.54, 1.807) is 0 Å². The van der Waals surface area contributed by atoms with E-state index in [4.69, 9.17) is 0 Å². The first-order valence-electron chi connectivity index (χ1n) is 6.80. The van der Waals surface area contributed by atoms with Gasteiger partial charge in [-0.25, -0.2) is 0 Å². The second-order valence-corrected chi connectivity index (χ2v) is 5.51. The van der Waals surface area contributed by atoms with Crippen molar-refractivity contribution in [2.24, 2.45) is 0 Å². The largest absolute Gasteiger partial charge is 0.364 e. The molecule has 0 radical (unpaired) electrons. The molecule has 0 saturated heterocycles. The van der Waals surface area contributed by atoms with Crippen LogP contribution in [-0.4, -0.2) is 19.6 Å². The van der Waals surface area contributed by atoms with Crippen LogP contribution in [0, 0.1) is 6.92 Å². The van der Waals surface area contributed by atoms with Crippen molar-refractivity contribution < 1.29 is 0 Å². The first kappa shape index (κ1) is 16.6. The van der Waals surface area contributed by atoms with E-state index in [-0.39, 0.29) is 12.4 Å². The molecule has 2 aromatic rings. The molecule has 0 bridgehead atoms. The third-order valence-corrected chi connectivity index (χ3v) is 3.09. The summed E-state index contributed by atoms with van der Waals surface area (Å²) in [4.78, 5) is 0. The summed E-state index contributed by atoms with van der Waals surface area (Å²) in [7, 11) is 0. The Morgan fingerprint density at radius 2 is 1.75 bits per heavy atom. The first-order valence-corrected chi connectivity index (χ1v) is 6.80. The van der Waals surface area contributed by atoms with Crippen molar-refractivity contribution in [3.05, 3.63) is 29.7 Å². The average Bonchev–Trinajstić information content (AvgIpc) is 2.93. The van der Waals surface area contributed by atoms with Gasteiger partial charge in [-0.2, -0.15) is 10.2 Å². The highest BCUT2D eigenvalue weighted by molar-refractivity contribution is 5.85. The SMILES string of the molecule is Cc1cn(C(C)C)nc1NCc1cnn(C(C)C)c1.Cl. The number of aryl methyl sites for hydroxylation is 1. The van der Waals surface area contributed by atoms with Crippen molar-refractivity contribution in [1.29, 1.82) is 0 Å². The van der Waals surface area contributed by atoms with Gasteiger partial charge >= 0.3 is 0 Å². The molecule has 2 rings (SSSR count). The number of hydrogen-bond acceptors (Lipinski definition) is 3. The van der Waals surface area contributed by atoms with Crippen LogP contribution in [0.25, 0.3) is 0 Å². The Bertz CT molecular complexity index is 542. The lowest BCUT2D eigenvalue weighted by Gasteiger charge is -2.05.